The van der Waals surface area contributed by atoms with Crippen molar-refractivity contribution >= 4 is 43.6 Å². The van der Waals surface area contributed by atoms with Crippen LogP contribution in [0.1, 0.15) is 0 Å². The molecule has 63 heavy (non-hydrogen) atoms. The number of para-hydroxylation sites is 2. The van der Waals surface area contributed by atoms with Crippen LogP contribution in [0.15, 0.2) is 229 Å². The molecule has 0 fully saturated rings. The summed E-state index contributed by atoms with van der Waals surface area (Å²) in [6, 6.07) is 78.5. The first-order valence-electron chi connectivity index (χ1n) is 21.3. The van der Waals surface area contributed by atoms with Gasteiger partial charge in [-0.1, -0.05) is 182 Å². The Morgan fingerprint density at radius 2 is 0.778 bits per heavy atom. The summed E-state index contributed by atoms with van der Waals surface area (Å²) >= 11 is 0. The molecule has 4 nitrogen and oxygen atoms in total. The quantitative estimate of drug-likeness (QED) is 0.151. The standard InChI is InChI=1S/C59H37N3O/c1-4-17-38(18-5-1)41-23-14-25-43(33-41)51-37-52(44-26-15-24-42(34-44)39-19-6-2-7-20-39)62-59(61-51)46-28-16-27-45(35-46)55-56-47-29-10-12-31-50(47)60-58(40-21-8-3-9-22-40)49(56)36-54-57(55)48-30-11-13-32-53(48)63-54/h1-37H. The van der Waals surface area contributed by atoms with Crippen molar-refractivity contribution in [3.63, 3.8) is 0 Å². The van der Waals surface area contributed by atoms with Crippen LogP contribution in [-0.4, -0.2) is 15.0 Å². The minimum Gasteiger partial charge on any atom is -0.456 e. The molecule has 4 heteroatoms. The summed E-state index contributed by atoms with van der Waals surface area (Å²) in [4.78, 5) is 16.1. The van der Waals surface area contributed by atoms with Crippen molar-refractivity contribution in [2.75, 3.05) is 0 Å². The maximum absolute atomic E-state index is 6.70. The van der Waals surface area contributed by atoms with E-state index >= 15 is 0 Å². The molecule has 0 atom stereocenters. The van der Waals surface area contributed by atoms with Crippen LogP contribution < -0.4 is 0 Å². The van der Waals surface area contributed by atoms with Crippen molar-refractivity contribution in [2.24, 2.45) is 0 Å². The summed E-state index contributed by atoms with van der Waals surface area (Å²) in [6.07, 6.45) is 0. The molecule has 12 aromatic rings. The fourth-order valence-electron chi connectivity index (χ4n) is 9.08. The second-order valence-corrected chi connectivity index (χ2v) is 15.9. The lowest BCUT2D eigenvalue weighted by Gasteiger charge is -2.16. The number of nitrogens with zero attached hydrogens (tertiary/aromatic N) is 3. The average Bonchev–Trinajstić information content (AvgIpc) is 3.74. The Hall–Kier alpha value is -8.47. The van der Waals surface area contributed by atoms with E-state index < -0.39 is 0 Å². The van der Waals surface area contributed by atoms with E-state index in [1.165, 1.54) is 0 Å². The van der Waals surface area contributed by atoms with Gasteiger partial charge in [0.25, 0.3) is 0 Å². The highest BCUT2D eigenvalue weighted by Gasteiger charge is 2.22. The predicted molar refractivity (Wildman–Crippen MR) is 260 cm³/mol. The minimum atomic E-state index is 0.643. The van der Waals surface area contributed by atoms with Gasteiger partial charge in [-0.2, -0.15) is 0 Å². The van der Waals surface area contributed by atoms with Gasteiger partial charge in [-0.15, -0.1) is 0 Å². The van der Waals surface area contributed by atoms with Crippen molar-refractivity contribution in [1.82, 2.24) is 15.0 Å². The molecule has 0 spiro atoms. The van der Waals surface area contributed by atoms with E-state index in [9.17, 15) is 0 Å². The van der Waals surface area contributed by atoms with E-state index in [2.05, 4.69) is 200 Å². The average molecular weight is 804 g/mol. The lowest BCUT2D eigenvalue weighted by Crippen LogP contribution is -1.97. The van der Waals surface area contributed by atoms with Crippen molar-refractivity contribution < 1.29 is 4.42 Å². The Balaban J connectivity index is 1.11. The van der Waals surface area contributed by atoms with Crippen LogP contribution in [-0.2, 0) is 0 Å². The van der Waals surface area contributed by atoms with Crippen LogP contribution in [0.2, 0.25) is 0 Å². The van der Waals surface area contributed by atoms with Crippen LogP contribution in [0, 0.1) is 0 Å². The van der Waals surface area contributed by atoms with Crippen molar-refractivity contribution in [3.05, 3.63) is 224 Å². The third-order valence-corrected chi connectivity index (χ3v) is 12.0. The number of benzene rings is 9. The lowest BCUT2D eigenvalue weighted by molar-refractivity contribution is 0.669. The molecule has 294 valence electrons. The summed E-state index contributed by atoms with van der Waals surface area (Å²) in [5, 5.41) is 5.37. The normalized spacial score (nSPS) is 11.5. The molecule has 0 unspecified atom stereocenters. The van der Waals surface area contributed by atoms with Gasteiger partial charge < -0.3 is 4.42 Å². The number of hydrogen-bond acceptors (Lipinski definition) is 4. The highest BCUT2D eigenvalue weighted by Crippen LogP contribution is 2.47. The van der Waals surface area contributed by atoms with Gasteiger partial charge in [0.1, 0.15) is 11.2 Å². The summed E-state index contributed by atoms with van der Waals surface area (Å²) < 4.78 is 6.70. The molecule has 3 aromatic heterocycles. The van der Waals surface area contributed by atoms with Crippen molar-refractivity contribution in [3.8, 4) is 78.5 Å². The topological polar surface area (TPSA) is 51.8 Å². The van der Waals surface area contributed by atoms with Gasteiger partial charge in [-0.25, -0.2) is 15.0 Å². The molecular weight excluding hydrogens is 767 g/mol. The van der Waals surface area contributed by atoms with Crippen molar-refractivity contribution in [1.29, 1.82) is 0 Å². The highest BCUT2D eigenvalue weighted by atomic mass is 16.3. The van der Waals surface area contributed by atoms with Gasteiger partial charge in [0.05, 0.1) is 22.6 Å². The molecule has 0 aliphatic rings. The fraction of sp³-hybridized carbons (Fsp3) is 0. The molecule has 3 heterocycles. The summed E-state index contributed by atoms with van der Waals surface area (Å²) in [5.74, 6) is 0.643. The SMILES string of the molecule is c1ccc(-c2cccc(-c3cc(-c4cccc(-c5ccccc5)c4)nc(-c4cccc(-c5c6c(cc7c(-c8ccccc8)nc8ccccc8c57)oc5ccccc56)c4)n3)c2)cc1. The smallest absolute Gasteiger partial charge is 0.160 e. The largest absolute Gasteiger partial charge is 0.456 e. The Kier molecular flexibility index (Phi) is 8.79. The van der Waals surface area contributed by atoms with Crippen molar-refractivity contribution in [2.45, 2.75) is 0 Å². The van der Waals surface area contributed by atoms with E-state index in [1.807, 2.05) is 24.3 Å². The molecule has 0 N–H and O–H groups in total. The Labute approximate surface area is 364 Å². The number of furan rings is 1. The number of rotatable bonds is 7. The number of hydrogen-bond donors (Lipinski definition) is 0. The Morgan fingerprint density at radius 1 is 0.286 bits per heavy atom. The van der Waals surface area contributed by atoms with Crippen LogP contribution >= 0.6 is 0 Å². The lowest BCUT2D eigenvalue weighted by atomic mass is 9.89. The van der Waals surface area contributed by atoms with Crippen LogP contribution in [0.25, 0.3) is 122 Å². The van der Waals surface area contributed by atoms with Gasteiger partial charge in [-0.3, -0.25) is 0 Å². The molecule has 0 bridgehead atoms. The van der Waals surface area contributed by atoms with E-state index in [-0.39, 0.29) is 0 Å². The van der Waals surface area contributed by atoms with E-state index in [0.29, 0.717) is 5.82 Å². The van der Waals surface area contributed by atoms with E-state index in [4.69, 9.17) is 19.4 Å². The highest BCUT2D eigenvalue weighted by molar-refractivity contribution is 6.27. The minimum absolute atomic E-state index is 0.643. The first-order chi connectivity index (χ1) is 31.2. The second-order valence-electron chi connectivity index (χ2n) is 15.9. The number of pyridine rings is 1. The third kappa shape index (κ3) is 6.53. The number of aromatic nitrogens is 3. The van der Waals surface area contributed by atoms with Crippen LogP contribution in [0.3, 0.4) is 0 Å². The molecule has 0 saturated carbocycles. The second kappa shape index (κ2) is 15.2. The maximum Gasteiger partial charge on any atom is 0.160 e. The van der Waals surface area contributed by atoms with Gasteiger partial charge >= 0.3 is 0 Å². The molecule has 0 saturated heterocycles. The molecular formula is C59H37N3O. The molecule has 0 aliphatic heterocycles. The zero-order valence-corrected chi connectivity index (χ0v) is 34.1. The fourth-order valence-corrected chi connectivity index (χ4v) is 9.08. The van der Waals surface area contributed by atoms with Gasteiger partial charge in [0.2, 0.25) is 0 Å². The first kappa shape index (κ1) is 36.4. The molecule has 0 amide bonds. The number of fused-ring (bicyclic) bond motifs is 6. The monoisotopic (exact) mass is 803 g/mol. The molecule has 9 aromatic carbocycles. The van der Waals surface area contributed by atoms with E-state index in [1.54, 1.807) is 0 Å². The summed E-state index contributed by atoms with van der Waals surface area (Å²) in [5.41, 5.74) is 15.9. The summed E-state index contributed by atoms with van der Waals surface area (Å²) in [7, 11) is 0. The molecule has 0 aliphatic carbocycles. The third-order valence-electron chi connectivity index (χ3n) is 12.0. The van der Waals surface area contributed by atoms with Crippen LogP contribution in [0.5, 0.6) is 0 Å². The zero-order valence-electron chi connectivity index (χ0n) is 34.1. The van der Waals surface area contributed by atoms with Gasteiger partial charge in [-0.05, 0) is 70.3 Å². The maximum atomic E-state index is 6.70. The van der Waals surface area contributed by atoms with E-state index in [0.717, 1.165) is 116 Å². The first-order valence-corrected chi connectivity index (χ1v) is 21.3. The summed E-state index contributed by atoms with van der Waals surface area (Å²) in [6.45, 7) is 0. The Bertz CT molecular complexity index is 3570. The molecule has 0 radical (unpaired) electrons. The zero-order chi connectivity index (χ0) is 41.7. The predicted octanol–water partition coefficient (Wildman–Crippen LogP) is 15.7. The van der Waals surface area contributed by atoms with Gasteiger partial charge in [0, 0.05) is 54.7 Å². The Morgan fingerprint density at radius 3 is 1.43 bits per heavy atom. The van der Waals surface area contributed by atoms with Crippen LogP contribution in [0.4, 0.5) is 0 Å². The molecule has 12 rings (SSSR count). The van der Waals surface area contributed by atoms with Gasteiger partial charge in [0.15, 0.2) is 5.82 Å².